The predicted molar refractivity (Wildman–Crippen MR) is 72.6 cm³/mol. The lowest BCUT2D eigenvalue weighted by molar-refractivity contribution is 0.0684. The number of hydrogen-bond acceptors (Lipinski definition) is 3. The van der Waals surface area contributed by atoms with Gasteiger partial charge in [-0.1, -0.05) is 6.08 Å². The van der Waals surface area contributed by atoms with Crippen molar-refractivity contribution in [2.24, 2.45) is 0 Å². The van der Waals surface area contributed by atoms with Crippen LogP contribution in [0.25, 0.3) is 0 Å². The molecule has 0 unspecified atom stereocenters. The third-order valence-corrected chi connectivity index (χ3v) is 3.34. The number of allylic oxidation sites excluding steroid dienone is 1. The van der Waals surface area contributed by atoms with E-state index in [1.807, 2.05) is 20.3 Å². The summed E-state index contributed by atoms with van der Waals surface area (Å²) >= 11 is 0. The molecule has 1 saturated heterocycles. The van der Waals surface area contributed by atoms with Crippen molar-refractivity contribution in [2.45, 2.75) is 32.2 Å². The van der Waals surface area contributed by atoms with Crippen LogP contribution in [0.2, 0.25) is 0 Å². The Morgan fingerprint density at radius 2 is 2.17 bits per heavy atom. The van der Waals surface area contributed by atoms with Crippen LogP contribution in [-0.4, -0.2) is 41.8 Å². The fraction of sp³-hybridized carbons (Fsp3) is 0.643. The molecule has 2 rings (SSSR count). The maximum Gasteiger partial charge on any atom is 0.105 e. The van der Waals surface area contributed by atoms with Crippen LogP contribution in [0.4, 0.5) is 0 Å². The molecule has 2 heterocycles. The molecule has 1 fully saturated rings. The van der Waals surface area contributed by atoms with Crippen molar-refractivity contribution in [1.29, 1.82) is 0 Å². The van der Waals surface area contributed by atoms with Gasteiger partial charge in [-0.3, -0.25) is 0 Å². The Balaban J connectivity index is 2.10. The van der Waals surface area contributed by atoms with E-state index in [2.05, 4.69) is 33.7 Å². The molecule has 0 aliphatic carbocycles. The van der Waals surface area contributed by atoms with E-state index < -0.39 is 0 Å². The molecule has 0 spiro atoms. The molecule has 1 aliphatic heterocycles. The average molecular weight is 249 g/mol. The van der Waals surface area contributed by atoms with Crippen LogP contribution in [0.1, 0.15) is 30.4 Å². The summed E-state index contributed by atoms with van der Waals surface area (Å²) in [6, 6.07) is 0.559. The topological polar surface area (TPSA) is 30.3 Å². The van der Waals surface area contributed by atoms with Gasteiger partial charge in [0.15, 0.2) is 0 Å². The Bertz CT molecular complexity index is 403. The summed E-state index contributed by atoms with van der Waals surface area (Å²) in [7, 11) is 4.08. The molecule has 0 bridgehead atoms. The van der Waals surface area contributed by atoms with Gasteiger partial charge in [-0.15, -0.1) is 0 Å². The van der Waals surface area contributed by atoms with Gasteiger partial charge in [0.1, 0.15) is 5.82 Å². The lowest BCUT2D eigenvalue weighted by atomic mass is 10.1. The maximum absolute atomic E-state index is 5.44. The summed E-state index contributed by atoms with van der Waals surface area (Å²) in [5.41, 5.74) is 1.30. The van der Waals surface area contributed by atoms with Crippen molar-refractivity contribution in [3.05, 3.63) is 30.0 Å². The lowest BCUT2D eigenvalue weighted by Gasteiger charge is -2.26. The van der Waals surface area contributed by atoms with E-state index in [0.29, 0.717) is 6.04 Å². The van der Waals surface area contributed by atoms with Crippen LogP contribution >= 0.6 is 0 Å². The molecular formula is C14H23N3O. The van der Waals surface area contributed by atoms with Crippen molar-refractivity contribution in [2.75, 3.05) is 27.3 Å². The SMILES string of the molecule is Cc1ncc(C/C=C/N(C)C)n1C1CCOCC1. The summed E-state index contributed by atoms with van der Waals surface area (Å²) in [6.07, 6.45) is 9.42. The predicted octanol–water partition coefficient (Wildman–Crippen LogP) is 2.16. The highest BCUT2D eigenvalue weighted by Gasteiger charge is 2.19. The van der Waals surface area contributed by atoms with Gasteiger partial charge in [0.05, 0.1) is 0 Å². The second-order valence-corrected chi connectivity index (χ2v) is 5.06. The zero-order valence-corrected chi connectivity index (χ0v) is 11.6. The highest BCUT2D eigenvalue weighted by atomic mass is 16.5. The number of nitrogens with zero attached hydrogens (tertiary/aromatic N) is 3. The zero-order valence-electron chi connectivity index (χ0n) is 11.6. The quantitative estimate of drug-likeness (QED) is 0.819. The van der Waals surface area contributed by atoms with Crippen LogP contribution in [-0.2, 0) is 11.2 Å². The Hall–Kier alpha value is -1.29. The van der Waals surface area contributed by atoms with Gasteiger partial charge in [0, 0.05) is 51.7 Å². The molecule has 18 heavy (non-hydrogen) atoms. The standard InChI is InChI=1S/C14H23N3O/c1-12-15-11-14(5-4-8-16(2)3)17(12)13-6-9-18-10-7-13/h4,8,11,13H,5-7,9-10H2,1-3H3/b8-4+. The van der Waals surface area contributed by atoms with Crippen LogP contribution in [0.5, 0.6) is 0 Å². The minimum absolute atomic E-state index is 0.559. The van der Waals surface area contributed by atoms with E-state index in [0.717, 1.165) is 38.3 Å². The number of aromatic nitrogens is 2. The van der Waals surface area contributed by atoms with Gasteiger partial charge in [-0.2, -0.15) is 0 Å². The van der Waals surface area contributed by atoms with Crippen LogP contribution < -0.4 is 0 Å². The Morgan fingerprint density at radius 3 is 2.83 bits per heavy atom. The molecule has 0 atom stereocenters. The second-order valence-electron chi connectivity index (χ2n) is 5.06. The van der Waals surface area contributed by atoms with Gasteiger partial charge in [-0.05, 0) is 26.0 Å². The first-order chi connectivity index (χ1) is 8.68. The molecule has 4 nitrogen and oxygen atoms in total. The van der Waals surface area contributed by atoms with Crippen molar-refractivity contribution >= 4 is 0 Å². The molecule has 0 aromatic carbocycles. The van der Waals surface area contributed by atoms with Crippen molar-refractivity contribution < 1.29 is 4.74 Å². The fourth-order valence-corrected chi connectivity index (χ4v) is 2.48. The highest BCUT2D eigenvalue weighted by molar-refractivity contribution is 5.10. The van der Waals surface area contributed by atoms with Crippen molar-refractivity contribution in [3.8, 4) is 0 Å². The van der Waals surface area contributed by atoms with Crippen molar-refractivity contribution in [1.82, 2.24) is 14.5 Å². The normalized spacial score (nSPS) is 17.5. The Morgan fingerprint density at radius 1 is 1.44 bits per heavy atom. The smallest absolute Gasteiger partial charge is 0.105 e. The summed E-state index contributed by atoms with van der Waals surface area (Å²) in [5.74, 6) is 1.12. The Kier molecular flexibility index (Phi) is 4.42. The van der Waals surface area contributed by atoms with Crippen molar-refractivity contribution in [3.63, 3.8) is 0 Å². The third-order valence-electron chi connectivity index (χ3n) is 3.34. The van der Waals surface area contributed by atoms with E-state index in [1.54, 1.807) is 0 Å². The van der Waals surface area contributed by atoms with E-state index in [-0.39, 0.29) is 0 Å². The third kappa shape index (κ3) is 3.13. The van der Waals surface area contributed by atoms with Gasteiger partial charge >= 0.3 is 0 Å². The summed E-state index contributed by atoms with van der Waals surface area (Å²) in [5, 5.41) is 0. The highest BCUT2D eigenvalue weighted by Crippen LogP contribution is 2.24. The van der Waals surface area contributed by atoms with E-state index in [4.69, 9.17) is 4.74 Å². The molecular weight excluding hydrogens is 226 g/mol. The van der Waals surface area contributed by atoms with Crippen LogP contribution in [0, 0.1) is 6.92 Å². The van der Waals surface area contributed by atoms with Gasteiger partial charge in [0.2, 0.25) is 0 Å². The molecule has 100 valence electrons. The molecule has 4 heteroatoms. The van der Waals surface area contributed by atoms with Gasteiger partial charge < -0.3 is 14.2 Å². The van der Waals surface area contributed by atoms with Gasteiger partial charge in [0.25, 0.3) is 0 Å². The minimum atomic E-state index is 0.559. The monoisotopic (exact) mass is 249 g/mol. The average Bonchev–Trinajstić information content (AvgIpc) is 2.71. The minimum Gasteiger partial charge on any atom is -0.384 e. The largest absolute Gasteiger partial charge is 0.384 e. The molecule has 1 aromatic heterocycles. The first-order valence-corrected chi connectivity index (χ1v) is 6.62. The molecule has 1 aromatic rings. The number of rotatable bonds is 4. The Labute approximate surface area is 109 Å². The number of aryl methyl sites for hydroxylation is 1. The fourth-order valence-electron chi connectivity index (χ4n) is 2.48. The first-order valence-electron chi connectivity index (χ1n) is 6.62. The second kappa shape index (κ2) is 6.05. The first kappa shape index (κ1) is 13.1. The summed E-state index contributed by atoms with van der Waals surface area (Å²) in [4.78, 5) is 6.52. The number of imidazole rings is 1. The molecule has 0 saturated carbocycles. The zero-order chi connectivity index (χ0) is 13.0. The molecule has 0 amide bonds. The van der Waals surface area contributed by atoms with E-state index >= 15 is 0 Å². The summed E-state index contributed by atoms with van der Waals surface area (Å²) < 4.78 is 7.83. The van der Waals surface area contributed by atoms with E-state index in [9.17, 15) is 0 Å². The number of ether oxygens (including phenoxy) is 1. The molecule has 0 radical (unpaired) electrons. The maximum atomic E-state index is 5.44. The molecule has 0 N–H and O–H groups in total. The van der Waals surface area contributed by atoms with E-state index in [1.165, 1.54) is 5.69 Å². The molecule has 1 aliphatic rings. The summed E-state index contributed by atoms with van der Waals surface area (Å²) in [6.45, 7) is 3.83. The van der Waals surface area contributed by atoms with Crippen LogP contribution in [0.15, 0.2) is 18.5 Å². The van der Waals surface area contributed by atoms with Gasteiger partial charge in [-0.25, -0.2) is 4.98 Å². The van der Waals surface area contributed by atoms with Crippen LogP contribution in [0.3, 0.4) is 0 Å². The number of hydrogen-bond donors (Lipinski definition) is 0. The lowest BCUT2D eigenvalue weighted by Crippen LogP contribution is -2.22.